The molecule has 0 radical (unpaired) electrons. The lowest BCUT2D eigenvalue weighted by Gasteiger charge is -2.26. The molecule has 0 unspecified atom stereocenters. The Kier molecular flexibility index (Phi) is 10.0. The van der Waals surface area contributed by atoms with Gasteiger partial charge < -0.3 is 4.42 Å². The highest BCUT2D eigenvalue weighted by molar-refractivity contribution is 6.12. The van der Waals surface area contributed by atoms with Crippen molar-refractivity contribution in [2.24, 2.45) is 0 Å². The fraction of sp³-hybridized carbons (Fsp3) is 0.296. The van der Waals surface area contributed by atoms with Crippen molar-refractivity contribution < 1.29 is 4.42 Å². The van der Waals surface area contributed by atoms with Crippen LogP contribution < -0.4 is 0 Å². The fourth-order valence-corrected chi connectivity index (χ4v) is 8.24. The number of unbranched alkanes of at least 4 members (excludes halogenated alkanes) is 1. The molecule has 0 fully saturated rings. The summed E-state index contributed by atoms with van der Waals surface area (Å²) in [6, 6.07) is 46.6. The summed E-state index contributed by atoms with van der Waals surface area (Å²) in [4.78, 5) is 0. The Morgan fingerprint density at radius 2 is 1.14 bits per heavy atom. The smallest absolute Gasteiger partial charge is 0.168 e. The topological polar surface area (TPSA) is 43.9 Å². The number of rotatable bonds is 9. The molecule has 4 heteroatoms. The molecule has 2 aromatic heterocycles. The third-order valence-corrected chi connectivity index (χ3v) is 12.0. The zero-order valence-electron chi connectivity index (χ0n) is 36.0. The van der Waals surface area contributed by atoms with E-state index in [0.717, 1.165) is 80.8 Å². The molecule has 0 atom stereocenters. The van der Waals surface area contributed by atoms with Gasteiger partial charge in [0, 0.05) is 27.3 Å². The summed E-state index contributed by atoms with van der Waals surface area (Å²) < 4.78 is 9.17. The van der Waals surface area contributed by atoms with Gasteiger partial charge in [0.25, 0.3) is 0 Å². The van der Waals surface area contributed by atoms with Gasteiger partial charge in [0.1, 0.15) is 17.0 Å². The molecule has 0 N–H and O–H groups in total. The Hall–Kier alpha value is -5.74. The van der Waals surface area contributed by atoms with Crippen molar-refractivity contribution >= 4 is 21.9 Å². The highest BCUT2D eigenvalue weighted by Crippen LogP contribution is 2.43. The van der Waals surface area contributed by atoms with Crippen LogP contribution in [0.15, 0.2) is 132 Å². The van der Waals surface area contributed by atoms with Gasteiger partial charge in [-0.15, -0.1) is 10.2 Å². The summed E-state index contributed by atoms with van der Waals surface area (Å²) in [6.45, 7) is 22.6. The van der Waals surface area contributed by atoms with Crippen LogP contribution in [0.4, 0.5) is 0 Å². The lowest BCUT2D eigenvalue weighted by Crippen LogP contribution is -2.23. The summed E-state index contributed by atoms with van der Waals surface area (Å²) in [7, 11) is 0. The highest BCUT2D eigenvalue weighted by Gasteiger charge is 2.30. The van der Waals surface area contributed by atoms with Crippen molar-refractivity contribution in [2.45, 2.75) is 105 Å². The maximum Gasteiger partial charge on any atom is 0.168 e. The fourth-order valence-electron chi connectivity index (χ4n) is 8.24. The van der Waals surface area contributed by atoms with Crippen LogP contribution in [0.25, 0.3) is 72.4 Å². The number of aryl methyl sites for hydroxylation is 1. The van der Waals surface area contributed by atoms with Gasteiger partial charge in [0.15, 0.2) is 5.82 Å². The summed E-state index contributed by atoms with van der Waals surface area (Å²) in [5.41, 5.74) is 14.5. The van der Waals surface area contributed by atoms with Crippen LogP contribution in [-0.2, 0) is 16.2 Å². The van der Waals surface area contributed by atoms with Crippen molar-refractivity contribution in [3.63, 3.8) is 0 Å². The van der Waals surface area contributed by atoms with Gasteiger partial charge in [0.05, 0.1) is 5.69 Å². The monoisotopic (exact) mass is 763 g/mol. The number of benzene rings is 6. The molecule has 0 aliphatic heterocycles. The van der Waals surface area contributed by atoms with Crippen LogP contribution in [0, 0.1) is 6.92 Å². The van der Waals surface area contributed by atoms with Crippen molar-refractivity contribution in [3.05, 3.63) is 150 Å². The van der Waals surface area contributed by atoms with E-state index in [0.29, 0.717) is 0 Å². The Labute approximate surface area is 345 Å². The molecule has 0 aliphatic carbocycles. The molecule has 0 saturated heterocycles. The molecule has 0 aliphatic rings. The van der Waals surface area contributed by atoms with Crippen LogP contribution in [0.1, 0.15) is 104 Å². The van der Waals surface area contributed by atoms with E-state index in [-0.39, 0.29) is 16.2 Å². The van der Waals surface area contributed by atoms with Crippen molar-refractivity contribution in [1.29, 1.82) is 0 Å². The first-order valence-electron chi connectivity index (χ1n) is 21.0. The van der Waals surface area contributed by atoms with E-state index in [1.165, 1.54) is 33.4 Å². The average Bonchev–Trinajstić information content (AvgIpc) is 3.82. The third-order valence-electron chi connectivity index (χ3n) is 12.0. The van der Waals surface area contributed by atoms with Crippen molar-refractivity contribution in [2.75, 3.05) is 0 Å². The Bertz CT molecular complexity index is 2730. The van der Waals surface area contributed by atoms with Crippen LogP contribution >= 0.6 is 0 Å². The number of hydrogen-bond donors (Lipinski definition) is 0. The summed E-state index contributed by atoms with van der Waals surface area (Å²) in [5.74, 6) is 1.81. The van der Waals surface area contributed by atoms with Gasteiger partial charge in [-0.1, -0.05) is 166 Å². The molecule has 0 saturated carbocycles. The van der Waals surface area contributed by atoms with Crippen LogP contribution in [0.3, 0.4) is 0 Å². The second-order valence-corrected chi connectivity index (χ2v) is 18.9. The van der Waals surface area contributed by atoms with Crippen molar-refractivity contribution in [3.8, 4) is 50.5 Å². The maximum absolute atomic E-state index is 6.84. The molecule has 8 aromatic rings. The van der Waals surface area contributed by atoms with E-state index in [1.54, 1.807) is 0 Å². The zero-order valence-corrected chi connectivity index (χ0v) is 36.0. The molecule has 0 amide bonds. The molecule has 58 heavy (non-hydrogen) atoms. The minimum Gasteiger partial charge on any atom is -0.455 e. The number of fused-ring (bicyclic) bond motifs is 3. The molecule has 0 spiro atoms. The average molecular weight is 764 g/mol. The van der Waals surface area contributed by atoms with E-state index in [1.807, 2.05) is 0 Å². The molecule has 2 heterocycles. The van der Waals surface area contributed by atoms with E-state index in [9.17, 15) is 0 Å². The Balaban J connectivity index is 1.35. The predicted octanol–water partition coefficient (Wildman–Crippen LogP) is 15.2. The standard InChI is InChI=1S/C54H57N3O/c1-11-12-30-54(9,10)51-56-55-50(57(51)47-34-39(19-18-35(47)2)36-16-14-13-15-17-36)40-24-29-48-45(31-40)46-33-41(37-20-25-42(26-21-37)52(3,4)5)32-44(49(46)58-48)38-22-27-43(28-23-38)53(6,7)8/h13-29,31-34H,11-12,30H2,1-10H3. The SMILES string of the molecule is CCCCC(C)(C)c1nnc(-c2ccc3oc4c(-c5ccc(C(C)(C)C)cc5)cc(-c5ccc(C(C)(C)C)cc5)cc4c3c2)n1-c1cc(-c2ccccc2)ccc1C. The van der Waals surface area contributed by atoms with Gasteiger partial charge >= 0.3 is 0 Å². The van der Waals surface area contributed by atoms with Crippen molar-refractivity contribution in [1.82, 2.24) is 14.8 Å². The largest absolute Gasteiger partial charge is 0.455 e. The molecule has 6 aromatic carbocycles. The normalized spacial score (nSPS) is 12.5. The molecule has 8 rings (SSSR count). The molecular formula is C54H57N3O. The number of nitrogens with zero attached hydrogens (tertiary/aromatic N) is 3. The number of furan rings is 1. The number of hydrogen-bond acceptors (Lipinski definition) is 3. The van der Waals surface area contributed by atoms with Crippen LogP contribution in [-0.4, -0.2) is 14.8 Å². The molecular weight excluding hydrogens is 707 g/mol. The second-order valence-electron chi connectivity index (χ2n) is 18.9. The zero-order chi connectivity index (χ0) is 41.0. The van der Waals surface area contributed by atoms with Crippen LogP contribution in [0.2, 0.25) is 0 Å². The Morgan fingerprint density at radius 3 is 1.78 bits per heavy atom. The highest BCUT2D eigenvalue weighted by atomic mass is 16.3. The van der Waals surface area contributed by atoms with Gasteiger partial charge in [-0.05, 0) is 105 Å². The predicted molar refractivity (Wildman–Crippen MR) is 245 cm³/mol. The lowest BCUT2D eigenvalue weighted by atomic mass is 9.85. The summed E-state index contributed by atoms with van der Waals surface area (Å²) in [5, 5.41) is 12.2. The molecule has 0 bridgehead atoms. The van der Waals surface area contributed by atoms with Gasteiger partial charge in [-0.25, -0.2) is 0 Å². The van der Waals surface area contributed by atoms with E-state index >= 15 is 0 Å². The van der Waals surface area contributed by atoms with Gasteiger partial charge in [0.2, 0.25) is 0 Å². The first-order valence-corrected chi connectivity index (χ1v) is 21.0. The third kappa shape index (κ3) is 7.41. The summed E-state index contributed by atoms with van der Waals surface area (Å²) >= 11 is 0. The number of aromatic nitrogens is 3. The maximum atomic E-state index is 6.84. The molecule has 4 nitrogen and oxygen atoms in total. The van der Waals surface area contributed by atoms with Gasteiger partial charge in [-0.2, -0.15) is 0 Å². The first-order chi connectivity index (χ1) is 27.6. The van der Waals surface area contributed by atoms with Crippen LogP contribution in [0.5, 0.6) is 0 Å². The Morgan fingerprint density at radius 1 is 0.552 bits per heavy atom. The van der Waals surface area contributed by atoms with E-state index in [2.05, 4.69) is 201 Å². The molecule has 294 valence electrons. The quantitative estimate of drug-likeness (QED) is 0.147. The minimum atomic E-state index is -0.197. The van der Waals surface area contributed by atoms with E-state index < -0.39 is 0 Å². The first kappa shape index (κ1) is 39.1. The lowest BCUT2D eigenvalue weighted by molar-refractivity contribution is 0.425. The van der Waals surface area contributed by atoms with Gasteiger partial charge in [-0.3, -0.25) is 4.57 Å². The second kappa shape index (κ2) is 14.9. The minimum absolute atomic E-state index is 0.0628. The van der Waals surface area contributed by atoms with E-state index in [4.69, 9.17) is 14.6 Å². The summed E-state index contributed by atoms with van der Waals surface area (Å²) in [6.07, 6.45) is 3.26.